The van der Waals surface area contributed by atoms with E-state index in [1.54, 1.807) is 0 Å². The highest BCUT2D eigenvalue weighted by Gasteiger charge is 2.08. The summed E-state index contributed by atoms with van der Waals surface area (Å²) < 4.78 is 0. The smallest absolute Gasteiger partial charge is 0.221 e. The minimum absolute atomic E-state index is 0.270. The molecule has 0 amide bonds. The number of rotatable bonds is 1. The summed E-state index contributed by atoms with van der Waals surface area (Å²) >= 11 is 0. The number of anilines is 2. The minimum atomic E-state index is 0.270. The van der Waals surface area contributed by atoms with Crippen LogP contribution in [0.2, 0.25) is 0 Å². The summed E-state index contributed by atoms with van der Waals surface area (Å²) in [5, 5.41) is 0.970. The molecule has 18 heavy (non-hydrogen) atoms. The van der Waals surface area contributed by atoms with Crippen LogP contribution in [-0.4, -0.2) is 9.97 Å². The Morgan fingerprint density at radius 1 is 0.833 bits per heavy atom. The summed E-state index contributed by atoms with van der Waals surface area (Å²) in [7, 11) is 0. The van der Waals surface area contributed by atoms with Crippen molar-refractivity contribution in [1.82, 2.24) is 9.97 Å². The molecule has 1 heterocycles. The van der Waals surface area contributed by atoms with Gasteiger partial charge in [-0.05, 0) is 18.2 Å². The van der Waals surface area contributed by atoms with Gasteiger partial charge in [0.1, 0.15) is 0 Å². The van der Waals surface area contributed by atoms with Crippen molar-refractivity contribution in [3.63, 3.8) is 0 Å². The van der Waals surface area contributed by atoms with Crippen LogP contribution in [0.15, 0.2) is 48.5 Å². The largest absolute Gasteiger partial charge is 0.399 e. The normalized spacial score (nSPS) is 10.7. The van der Waals surface area contributed by atoms with E-state index in [0.717, 1.165) is 22.2 Å². The van der Waals surface area contributed by atoms with Crippen LogP contribution in [0, 0.1) is 0 Å². The second-order valence-corrected chi connectivity index (χ2v) is 4.07. The molecular formula is C14H12N4. The van der Waals surface area contributed by atoms with Crippen molar-refractivity contribution in [2.45, 2.75) is 0 Å². The molecule has 0 aliphatic carbocycles. The van der Waals surface area contributed by atoms with Gasteiger partial charge < -0.3 is 11.5 Å². The number of nitrogens with zero attached hydrogens (tertiary/aromatic N) is 2. The third kappa shape index (κ3) is 1.73. The van der Waals surface area contributed by atoms with Crippen molar-refractivity contribution in [2.24, 2.45) is 0 Å². The Bertz CT molecular complexity index is 722. The summed E-state index contributed by atoms with van der Waals surface area (Å²) in [5.41, 5.74) is 14.8. The van der Waals surface area contributed by atoms with E-state index in [4.69, 9.17) is 11.5 Å². The van der Waals surface area contributed by atoms with Crippen molar-refractivity contribution in [1.29, 1.82) is 0 Å². The van der Waals surface area contributed by atoms with Gasteiger partial charge in [0.2, 0.25) is 5.95 Å². The zero-order valence-electron chi connectivity index (χ0n) is 9.67. The molecule has 2 aromatic carbocycles. The fourth-order valence-electron chi connectivity index (χ4n) is 2.00. The van der Waals surface area contributed by atoms with E-state index in [2.05, 4.69) is 9.97 Å². The van der Waals surface area contributed by atoms with E-state index in [9.17, 15) is 0 Å². The van der Waals surface area contributed by atoms with Gasteiger partial charge in [0.25, 0.3) is 0 Å². The highest BCUT2D eigenvalue weighted by molar-refractivity contribution is 5.93. The standard InChI is InChI=1S/C14H12N4/c15-10-5-3-4-9(8-10)13-11-6-1-2-7-12(11)17-14(16)18-13/h1-8H,15H2,(H2,16,17,18). The maximum Gasteiger partial charge on any atom is 0.221 e. The summed E-state index contributed by atoms with van der Waals surface area (Å²) in [5.74, 6) is 0.270. The first-order chi connectivity index (χ1) is 8.74. The average molecular weight is 236 g/mol. The lowest BCUT2D eigenvalue weighted by molar-refractivity contribution is 1.24. The predicted octanol–water partition coefficient (Wildman–Crippen LogP) is 2.46. The maximum atomic E-state index is 5.80. The molecule has 0 fully saturated rings. The molecule has 4 heteroatoms. The third-order valence-electron chi connectivity index (χ3n) is 2.78. The molecule has 1 aromatic heterocycles. The molecule has 3 aromatic rings. The lowest BCUT2D eigenvalue weighted by atomic mass is 10.1. The number of para-hydroxylation sites is 1. The van der Waals surface area contributed by atoms with Gasteiger partial charge in [-0.1, -0.05) is 30.3 Å². The van der Waals surface area contributed by atoms with Crippen LogP contribution in [-0.2, 0) is 0 Å². The molecule has 3 rings (SSSR count). The Labute approximate surface area is 104 Å². The van der Waals surface area contributed by atoms with Crippen LogP contribution in [0.4, 0.5) is 11.6 Å². The summed E-state index contributed by atoms with van der Waals surface area (Å²) in [6.45, 7) is 0. The van der Waals surface area contributed by atoms with Crippen molar-refractivity contribution in [2.75, 3.05) is 11.5 Å². The van der Waals surface area contributed by atoms with E-state index in [1.165, 1.54) is 0 Å². The molecule has 0 unspecified atom stereocenters. The van der Waals surface area contributed by atoms with E-state index in [1.807, 2.05) is 48.5 Å². The highest BCUT2D eigenvalue weighted by Crippen LogP contribution is 2.27. The predicted molar refractivity (Wildman–Crippen MR) is 73.8 cm³/mol. The molecule has 0 aliphatic heterocycles. The second-order valence-electron chi connectivity index (χ2n) is 4.07. The molecule has 0 saturated carbocycles. The second kappa shape index (κ2) is 4.00. The summed E-state index contributed by atoms with van der Waals surface area (Å²) in [6, 6.07) is 15.4. The highest BCUT2D eigenvalue weighted by atomic mass is 15.0. The lowest BCUT2D eigenvalue weighted by Gasteiger charge is -2.07. The van der Waals surface area contributed by atoms with Gasteiger partial charge in [0.15, 0.2) is 0 Å². The number of nitrogens with two attached hydrogens (primary N) is 2. The Hall–Kier alpha value is -2.62. The number of aromatic nitrogens is 2. The zero-order valence-corrected chi connectivity index (χ0v) is 9.67. The molecular weight excluding hydrogens is 224 g/mol. The van der Waals surface area contributed by atoms with Gasteiger partial charge >= 0.3 is 0 Å². The van der Waals surface area contributed by atoms with E-state index < -0.39 is 0 Å². The summed E-state index contributed by atoms with van der Waals surface area (Å²) in [6.07, 6.45) is 0. The van der Waals surface area contributed by atoms with Gasteiger partial charge in [-0.25, -0.2) is 9.97 Å². The van der Waals surface area contributed by atoms with Crippen molar-refractivity contribution in [3.8, 4) is 11.3 Å². The topological polar surface area (TPSA) is 77.8 Å². The van der Waals surface area contributed by atoms with Crippen LogP contribution in [0.1, 0.15) is 0 Å². The fourth-order valence-corrected chi connectivity index (χ4v) is 2.00. The van der Waals surface area contributed by atoms with E-state index in [0.29, 0.717) is 5.69 Å². The third-order valence-corrected chi connectivity index (χ3v) is 2.78. The summed E-state index contributed by atoms with van der Waals surface area (Å²) in [4.78, 5) is 8.54. The first kappa shape index (κ1) is 10.5. The van der Waals surface area contributed by atoms with Crippen molar-refractivity contribution < 1.29 is 0 Å². The van der Waals surface area contributed by atoms with Crippen LogP contribution in [0.25, 0.3) is 22.2 Å². The molecule has 0 spiro atoms. The Balaban J connectivity index is 2.34. The zero-order chi connectivity index (χ0) is 12.5. The molecule has 4 nitrogen and oxygen atoms in total. The van der Waals surface area contributed by atoms with Gasteiger partial charge in [0.05, 0.1) is 11.2 Å². The Kier molecular flexibility index (Phi) is 2.34. The van der Waals surface area contributed by atoms with Gasteiger partial charge in [0, 0.05) is 16.6 Å². The van der Waals surface area contributed by atoms with Crippen LogP contribution >= 0.6 is 0 Å². The van der Waals surface area contributed by atoms with Crippen LogP contribution < -0.4 is 11.5 Å². The first-order valence-corrected chi connectivity index (χ1v) is 5.62. The molecule has 0 radical (unpaired) electrons. The molecule has 4 N–H and O–H groups in total. The SMILES string of the molecule is Nc1cccc(-c2nc(N)nc3ccccc23)c1. The van der Waals surface area contributed by atoms with Crippen molar-refractivity contribution >= 4 is 22.5 Å². The number of hydrogen-bond acceptors (Lipinski definition) is 4. The fraction of sp³-hybridized carbons (Fsp3) is 0. The maximum absolute atomic E-state index is 5.80. The molecule has 0 saturated heterocycles. The first-order valence-electron chi connectivity index (χ1n) is 5.62. The number of nitrogen functional groups attached to an aromatic ring is 2. The average Bonchev–Trinajstić information content (AvgIpc) is 2.37. The lowest BCUT2D eigenvalue weighted by Crippen LogP contribution is -1.98. The number of hydrogen-bond donors (Lipinski definition) is 2. The minimum Gasteiger partial charge on any atom is -0.399 e. The quantitative estimate of drug-likeness (QED) is 0.636. The molecule has 0 aliphatic rings. The van der Waals surface area contributed by atoms with E-state index in [-0.39, 0.29) is 5.95 Å². The van der Waals surface area contributed by atoms with Crippen molar-refractivity contribution in [3.05, 3.63) is 48.5 Å². The molecule has 88 valence electrons. The van der Waals surface area contributed by atoms with Gasteiger partial charge in [-0.2, -0.15) is 0 Å². The number of benzene rings is 2. The van der Waals surface area contributed by atoms with Crippen LogP contribution in [0.5, 0.6) is 0 Å². The Morgan fingerprint density at radius 3 is 2.50 bits per heavy atom. The Morgan fingerprint density at radius 2 is 1.67 bits per heavy atom. The van der Waals surface area contributed by atoms with Gasteiger partial charge in [-0.15, -0.1) is 0 Å². The monoisotopic (exact) mass is 236 g/mol. The molecule has 0 atom stereocenters. The molecule has 0 bridgehead atoms. The van der Waals surface area contributed by atoms with Gasteiger partial charge in [-0.3, -0.25) is 0 Å². The number of fused-ring (bicyclic) bond motifs is 1. The van der Waals surface area contributed by atoms with Crippen LogP contribution in [0.3, 0.4) is 0 Å². The van der Waals surface area contributed by atoms with E-state index >= 15 is 0 Å².